The molecule has 0 saturated carbocycles. The molecule has 2 aromatic carbocycles. The first-order valence-corrected chi connectivity index (χ1v) is 19.3. The van der Waals surface area contributed by atoms with Gasteiger partial charge < -0.3 is 31.7 Å². The van der Waals surface area contributed by atoms with E-state index in [1.807, 2.05) is 64.1 Å². The molecular weight excluding hydrogens is 688 g/mol. The van der Waals surface area contributed by atoms with Gasteiger partial charge in [-0.3, -0.25) is 33.7 Å². The zero-order valence-electron chi connectivity index (χ0n) is 32.0. The Kier molecular flexibility index (Phi) is 13.1. The quantitative estimate of drug-likeness (QED) is 0.173. The van der Waals surface area contributed by atoms with Gasteiger partial charge in [0.2, 0.25) is 35.4 Å². The summed E-state index contributed by atoms with van der Waals surface area (Å²) in [4.78, 5) is 81.5. The smallest absolute Gasteiger partial charge is 0.246 e. The van der Waals surface area contributed by atoms with Crippen LogP contribution in [0.2, 0.25) is 0 Å². The van der Waals surface area contributed by atoms with Crippen LogP contribution in [0.25, 0.3) is 0 Å². The molecule has 3 heterocycles. The minimum atomic E-state index is -1.06. The number of anilines is 2. The third kappa shape index (κ3) is 10.2. The second-order valence-corrected chi connectivity index (χ2v) is 16.2. The second-order valence-electron chi connectivity index (χ2n) is 16.2. The summed E-state index contributed by atoms with van der Waals surface area (Å²) < 4.78 is 0. The average Bonchev–Trinajstić information content (AvgIpc) is 3.67. The fourth-order valence-electron chi connectivity index (χ4n) is 7.76. The minimum absolute atomic E-state index is 0.00403. The minimum Gasteiger partial charge on any atom is -0.391 e. The molecule has 13 heteroatoms. The van der Waals surface area contributed by atoms with Crippen molar-refractivity contribution in [3.63, 3.8) is 0 Å². The highest BCUT2D eigenvalue weighted by atomic mass is 16.3. The Hall–Kier alpha value is -4.78. The standard InChI is InChI=1S/C41H56N6O7/c1-25-20-26(10-6-5-7-14-34(50)45-37(41(2,3)4)40(54)46-19-18-30(48)24-46)22-29(21-25)43-38(52)31(16-17-33(42)49)44-39(53)32-23-28-13-8-11-27-12-9-15-35(51)47(32)36(27)28/h8,11,13,20-22,30-32,37,48H,5-7,9-10,12,14-19,23-24H2,1-4H3,(H2,42,49)(H,43,52)(H,44,53)(H,45,50)/t30-,31+,32+,37-/m1/s1. The molecule has 292 valence electrons. The lowest BCUT2D eigenvalue weighted by molar-refractivity contribution is -0.139. The normalized spacial score (nSPS) is 19.1. The van der Waals surface area contributed by atoms with Crippen LogP contribution in [0, 0.1) is 12.3 Å². The number of nitrogens with one attached hydrogen (secondary N) is 3. The van der Waals surface area contributed by atoms with Crippen molar-refractivity contribution < 1.29 is 33.9 Å². The maximum absolute atomic E-state index is 13.8. The molecule has 0 radical (unpaired) electrons. The number of rotatable bonds is 15. The highest BCUT2D eigenvalue weighted by Crippen LogP contribution is 2.39. The number of nitrogens with zero attached hydrogens (tertiary/aromatic N) is 2. The number of likely N-dealkylation sites (tertiary alicyclic amines) is 1. The Morgan fingerprint density at radius 3 is 2.44 bits per heavy atom. The Labute approximate surface area is 317 Å². The van der Waals surface area contributed by atoms with Crippen molar-refractivity contribution in [3.05, 3.63) is 58.7 Å². The highest BCUT2D eigenvalue weighted by molar-refractivity contribution is 6.06. The maximum Gasteiger partial charge on any atom is 0.246 e. The van der Waals surface area contributed by atoms with Crippen molar-refractivity contribution in [2.45, 2.75) is 129 Å². The first-order chi connectivity index (χ1) is 25.6. The van der Waals surface area contributed by atoms with E-state index in [1.54, 1.807) is 9.80 Å². The zero-order chi connectivity index (χ0) is 39.2. The number of hydrogen-bond acceptors (Lipinski definition) is 7. The number of aliphatic hydroxyl groups is 1. The predicted molar refractivity (Wildman–Crippen MR) is 205 cm³/mol. The van der Waals surface area contributed by atoms with E-state index in [4.69, 9.17) is 5.73 Å². The van der Waals surface area contributed by atoms with E-state index in [1.165, 1.54) is 0 Å². The monoisotopic (exact) mass is 744 g/mol. The lowest BCUT2D eigenvalue weighted by atomic mass is 9.85. The molecule has 2 aromatic rings. The molecule has 3 aliphatic rings. The van der Waals surface area contributed by atoms with Crippen LogP contribution in [-0.4, -0.2) is 82.8 Å². The van der Waals surface area contributed by atoms with E-state index in [-0.39, 0.29) is 43.5 Å². The van der Waals surface area contributed by atoms with Gasteiger partial charge in [-0.25, -0.2) is 0 Å². The van der Waals surface area contributed by atoms with Crippen molar-refractivity contribution in [1.29, 1.82) is 0 Å². The van der Waals surface area contributed by atoms with Crippen molar-refractivity contribution >= 4 is 46.8 Å². The van der Waals surface area contributed by atoms with E-state index in [0.29, 0.717) is 50.8 Å². The Bertz CT molecular complexity index is 1750. The maximum atomic E-state index is 13.8. The number of nitrogens with two attached hydrogens (primary N) is 1. The van der Waals surface area contributed by atoms with Crippen LogP contribution in [0.5, 0.6) is 0 Å². The number of aryl methyl sites for hydroxylation is 3. The van der Waals surface area contributed by atoms with Crippen LogP contribution in [0.15, 0.2) is 36.4 Å². The summed E-state index contributed by atoms with van der Waals surface area (Å²) in [5.74, 6) is -2.00. The third-order valence-electron chi connectivity index (χ3n) is 10.6. The van der Waals surface area contributed by atoms with E-state index in [2.05, 4.69) is 16.0 Å². The van der Waals surface area contributed by atoms with E-state index in [0.717, 1.165) is 47.2 Å². The first-order valence-electron chi connectivity index (χ1n) is 19.3. The van der Waals surface area contributed by atoms with Gasteiger partial charge in [-0.15, -0.1) is 0 Å². The van der Waals surface area contributed by atoms with Gasteiger partial charge >= 0.3 is 0 Å². The zero-order valence-corrected chi connectivity index (χ0v) is 32.0. The second kappa shape index (κ2) is 17.6. The van der Waals surface area contributed by atoms with Gasteiger partial charge in [-0.2, -0.15) is 0 Å². The summed E-state index contributed by atoms with van der Waals surface area (Å²) in [6.07, 6.45) is 5.28. The molecule has 0 bridgehead atoms. The molecule has 54 heavy (non-hydrogen) atoms. The molecule has 1 fully saturated rings. The van der Waals surface area contributed by atoms with Gasteiger partial charge in [0.1, 0.15) is 18.1 Å². The topological polar surface area (TPSA) is 191 Å². The van der Waals surface area contributed by atoms with Crippen molar-refractivity contribution in [2.75, 3.05) is 23.3 Å². The molecule has 0 aromatic heterocycles. The Morgan fingerprint density at radius 2 is 1.74 bits per heavy atom. The summed E-state index contributed by atoms with van der Waals surface area (Å²) in [5, 5.41) is 18.6. The van der Waals surface area contributed by atoms with Crippen molar-refractivity contribution in [1.82, 2.24) is 15.5 Å². The number of aliphatic hydroxyl groups excluding tert-OH is 1. The number of carbonyl (C=O) groups excluding carboxylic acids is 6. The Morgan fingerprint density at radius 1 is 0.981 bits per heavy atom. The Balaban J connectivity index is 1.14. The number of benzene rings is 2. The lowest BCUT2D eigenvalue weighted by Gasteiger charge is -2.33. The largest absolute Gasteiger partial charge is 0.391 e. The van der Waals surface area contributed by atoms with Gasteiger partial charge in [0, 0.05) is 44.5 Å². The van der Waals surface area contributed by atoms with Crippen LogP contribution < -0.4 is 26.6 Å². The molecule has 4 atom stereocenters. The summed E-state index contributed by atoms with van der Waals surface area (Å²) in [5.41, 5.74) is 10.2. The molecule has 0 unspecified atom stereocenters. The van der Waals surface area contributed by atoms with E-state index < -0.39 is 47.4 Å². The number of carbonyl (C=O) groups is 6. The van der Waals surface area contributed by atoms with Crippen LogP contribution in [0.3, 0.4) is 0 Å². The van der Waals surface area contributed by atoms with Gasteiger partial charge in [-0.1, -0.05) is 51.5 Å². The number of unbranched alkanes of at least 4 members (excludes halogenated alkanes) is 2. The molecule has 5 rings (SSSR count). The SMILES string of the molecule is Cc1cc(CCCCCC(=O)N[C@H](C(=O)N2CC[C@@H](O)C2)C(C)(C)C)cc(NC(=O)[C@H](CCC(N)=O)NC(=O)[C@@H]2Cc3cccc4c3N2C(=O)CCC4)c1. The van der Waals surface area contributed by atoms with E-state index >= 15 is 0 Å². The highest BCUT2D eigenvalue weighted by Gasteiger charge is 2.42. The molecule has 13 nitrogen and oxygen atoms in total. The van der Waals surface area contributed by atoms with E-state index in [9.17, 15) is 33.9 Å². The fourth-order valence-corrected chi connectivity index (χ4v) is 7.76. The molecule has 3 aliphatic heterocycles. The van der Waals surface area contributed by atoms with Gasteiger partial charge in [0.25, 0.3) is 0 Å². The summed E-state index contributed by atoms with van der Waals surface area (Å²) in [6.45, 7) is 8.45. The third-order valence-corrected chi connectivity index (χ3v) is 10.6. The molecule has 0 spiro atoms. The van der Waals surface area contributed by atoms with Crippen molar-refractivity contribution in [2.24, 2.45) is 11.1 Å². The van der Waals surface area contributed by atoms with Crippen molar-refractivity contribution in [3.8, 4) is 0 Å². The number of amides is 6. The number of para-hydroxylation sites is 1. The molecular formula is C41H56N6O7. The van der Waals surface area contributed by atoms with Crippen LogP contribution in [0.1, 0.15) is 101 Å². The molecule has 1 saturated heterocycles. The van der Waals surface area contributed by atoms with Crippen LogP contribution >= 0.6 is 0 Å². The predicted octanol–water partition coefficient (Wildman–Crippen LogP) is 3.21. The van der Waals surface area contributed by atoms with Crippen LogP contribution in [0.4, 0.5) is 11.4 Å². The molecule has 6 amide bonds. The first kappa shape index (κ1) is 40.4. The van der Waals surface area contributed by atoms with Crippen LogP contribution in [-0.2, 0) is 48.0 Å². The van der Waals surface area contributed by atoms with Gasteiger partial charge in [0.15, 0.2) is 0 Å². The number of hydrogen-bond donors (Lipinski definition) is 5. The number of primary amides is 1. The summed E-state index contributed by atoms with van der Waals surface area (Å²) >= 11 is 0. The number of β-amino-alcohol motifs (C(OH)–C–C–N with tert-alkyl or cyclic N) is 1. The van der Waals surface area contributed by atoms with Gasteiger partial charge in [-0.05, 0) is 91.7 Å². The summed E-state index contributed by atoms with van der Waals surface area (Å²) in [6, 6.07) is 9.08. The molecule has 0 aliphatic carbocycles. The van der Waals surface area contributed by atoms with Gasteiger partial charge in [0.05, 0.1) is 11.8 Å². The molecule has 6 N–H and O–H groups in total. The lowest BCUT2D eigenvalue weighted by Crippen LogP contribution is -2.54. The average molecular weight is 745 g/mol. The summed E-state index contributed by atoms with van der Waals surface area (Å²) in [7, 11) is 0. The fraction of sp³-hybridized carbons (Fsp3) is 0.561.